The molecule has 5 rings (SSSR count). The molecule has 1 aliphatic carbocycles. The Morgan fingerprint density at radius 1 is 1.00 bits per heavy atom. The van der Waals surface area contributed by atoms with E-state index >= 15 is 0 Å². The molecule has 3 nitrogen and oxygen atoms in total. The highest BCUT2D eigenvalue weighted by Crippen LogP contribution is 2.41. The number of fused-ring (bicyclic) bond motifs is 3. The van der Waals surface area contributed by atoms with Crippen molar-refractivity contribution < 1.29 is 0 Å². The largest absolute Gasteiger partial charge is 0.356 e. The molecular weight excluding hydrogens is 394 g/mol. The van der Waals surface area contributed by atoms with Crippen molar-refractivity contribution >= 4 is 50.7 Å². The molecule has 1 aliphatic heterocycles. The number of thioether (sulfide) groups is 1. The number of aromatic nitrogens is 2. The molecule has 140 valence electrons. The normalized spacial score (nSPS) is 16.9. The molecule has 0 saturated carbocycles. The van der Waals surface area contributed by atoms with E-state index in [-0.39, 0.29) is 0 Å². The minimum absolute atomic E-state index is 0.775. The minimum Gasteiger partial charge on any atom is -0.356 e. The van der Waals surface area contributed by atoms with Gasteiger partial charge in [-0.15, -0.1) is 23.1 Å². The Morgan fingerprint density at radius 2 is 1.81 bits per heavy atom. The van der Waals surface area contributed by atoms with E-state index in [0.717, 1.165) is 29.7 Å². The first-order chi connectivity index (χ1) is 13.3. The molecule has 1 aromatic carbocycles. The van der Waals surface area contributed by atoms with Crippen molar-refractivity contribution in [2.75, 3.05) is 18.0 Å². The van der Waals surface area contributed by atoms with Gasteiger partial charge in [0.25, 0.3) is 0 Å². The number of rotatable bonds is 4. The Kier molecular flexibility index (Phi) is 5.01. The van der Waals surface area contributed by atoms with Gasteiger partial charge >= 0.3 is 0 Å². The fraction of sp³-hybridized carbons (Fsp3) is 0.429. The molecule has 3 heterocycles. The molecule has 0 N–H and O–H groups in total. The monoisotopic (exact) mass is 415 g/mol. The molecule has 0 radical (unpaired) electrons. The number of anilines is 1. The third-order valence-corrected chi connectivity index (χ3v) is 7.87. The third-order valence-electron chi connectivity index (χ3n) is 5.43. The van der Waals surface area contributed by atoms with Crippen LogP contribution in [-0.4, -0.2) is 23.1 Å². The van der Waals surface area contributed by atoms with E-state index in [2.05, 4.69) is 17.0 Å². The molecule has 0 spiro atoms. The minimum atomic E-state index is 0.775. The zero-order valence-corrected chi connectivity index (χ0v) is 17.6. The Bertz CT molecular complexity index is 962. The quantitative estimate of drug-likeness (QED) is 0.480. The van der Waals surface area contributed by atoms with Crippen molar-refractivity contribution in [3.8, 4) is 0 Å². The lowest BCUT2D eigenvalue weighted by Crippen LogP contribution is -2.30. The molecule has 0 bridgehead atoms. The topological polar surface area (TPSA) is 29.0 Å². The van der Waals surface area contributed by atoms with Crippen molar-refractivity contribution in [3.63, 3.8) is 0 Å². The highest BCUT2D eigenvalue weighted by Gasteiger charge is 2.25. The summed E-state index contributed by atoms with van der Waals surface area (Å²) in [6, 6.07) is 8.02. The maximum atomic E-state index is 6.00. The van der Waals surface area contributed by atoms with Crippen LogP contribution in [0.5, 0.6) is 0 Å². The molecule has 0 amide bonds. The van der Waals surface area contributed by atoms with Crippen molar-refractivity contribution in [2.24, 2.45) is 0 Å². The molecule has 6 heteroatoms. The van der Waals surface area contributed by atoms with Crippen LogP contribution in [0.25, 0.3) is 10.2 Å². The van der Waals surface area contributed by atoms with Gasteiger partial charge in [0, 0.05) is 27.9 Å². The molecular formula is C21H22ClN3S2. The van der Waals surface area contributed by atoms with Crippen LogP contribution in [0.4, 0.5) is 5.82 Å². The standard InChI is InChI=1S/C21H22ClN3S2/c22-14-7-9-15(10-8-14)26-13-18-23-20(25-11-2-1-3-12-25)19-16-5-4-6-17(16)27-21(19)24-18/h7-10H,1-6,11-13H2. The van der Waals surface area contributed by atoms with E-state index in [4.69, 9.17) is 21.6 Å². The number of nitrogens with zero attached hydrogens (tertiary/aromatic N) is 3. The summed E-state index contributed by atoms with van der Waals surface area (Å²) in [5, 5.41) is 2.13. The second-order valence-corrected chi connectivity index (χ2v) is 9.86. The van der Waals surface area contributed by atoms with Gasteiger partial charge in [-0.05, 0) is 68.4 Å². The molecule has 1 saturated heterocycles. The van der Waals surface area contributed by atoms with Crippen LogP contribution in [0, 0.1) is 0 Å². The summed E-state index contributed by atoms with van der Waals surface area (Å²) in [4.78, 5) is 16.5. The van der Waals surface area contributed by atoms with Crippen LogP contribution in [0.3, 0.4) is 0 Å². The number of piperidine rings is 1. The summed E-state index contributed by atoms with van der Waals surface area (Å²) in [5.41, 5.74) is 1.53. The average Bonchev–Trinajstić information content (AvgIpc) is 3.28. The zero-order valence-electron chi connectivity index (χ0n) is 15.2. The Labute approximate surface area is 173 Å². The smallest absolute Gasteiger partial charge is 0.142 e. The Balaban J connectivity index is 1.50. The number of benzene rings is 1. The van der Waals surface area contributed by atoms with Gasteiger partial charge in [-0.25, -0.2) is 9.97 Å². The van der Waals surface area contributed by atoms with E-state index < -0.39 is 0 Å². The first-order valence-electron chi connectivity index (χ1n) is 9.72. The van der Waals surface area contributed by atoms with Crippen LogP contribution >= 0.6 is 34.7 Å². The molecule has 1 fully saturated rings. The van der Waals surface area contributed by atoms with Crippen molar-refractivity contribution in [2.45, 2.75) is 49.2 Å². The molecule has 2 aromatic heterocycles. The van der Waals surface area contributed by atoms with Crippen molar-refractivity contribution in [1.82, 2.24) is 9.97 Å². The second kappa shape index (κ2) is 7.61. The lowest BCUT2D eigenvalue weighted by atomic mass is 10.1. The average molecular weight is 416 g/mol. The van der Waals surface area contributed by atoms with Crippen LogP contribution < -0.4 is 4.90 Å². The lowest BCUT2D eigenvalue weighted by Gasteiger charge is -2.28. The van der Waals surface area contributed by atoms with Gasteiger partial charge in [0.2, 0.25) is 0 Å². The maximum absolute atomic E-state index is 6.00. The van der Waals surface area contributed by atoms with Gasteiger partial charge in [0.15, 0.2) is 0 Å². The number of aryl methyl sites for hydroxylation is 2. The number of hydrogen-bond acceptors (Lipinski definition) is 5. The van der Waals surface area contributed by atoms with E-state index in [1.165, 1.54) is 65.0 Å². The maximum Gasteiger partial charge on any atom is 0.142 e. The summed E-state index contributed by atoms with van der Waals surface area (Å²) < 4.78 is 0. The van der Waals surface area contributed by atoms with Crippen LogP contribution in [0.1, 0.15) is 41.9 Å². The van der Waals surface area contributed by atoms with E-state index in [0.29, 0.717) is 0 Å². The van der Waals surface area contributed by atoms with Gasteiger partial charge in [0.1, 0.15) is 16.5 Å². The van der Waals surface area contributed by atoms with Crippen LogP contribution in [0.15, 0.2) is 29.2 Å². The van der Waals surface area contributed by atoms with Crippen LogP contribution in [0.2, 0.25) is 5.02 Å². The highest BCUT2D eigenvalue weighted by molar-refractivity contribution is 7.98. The Hall–Kier alpha value is -1.30. The van der Waals surface area contributed by atoms with Gasteiger partial charge < -0.3 is 4.90 Å². The fourth-order valence-electron chi connectivity index (χ4n) is 4.10. The predicted molar refractivity (Wildman–Crippen MR) is 117 cm³/mol. The second-order valence-electron chi connectivity index (χ2n) is 7.29. The van der Waals surface area contributed by atoms with Crippen LogP contribution in [-0.2, 0) is 18.6 Å². The SMILES string of the molecule is Clc1ccc(SCc2nc(N3CCCCC3)c3c4c(sc3n2)CCC4)cc1. The van der Waals surface area contributed by atoms with Crippen molar-refractivity contribution in [3.05, 3.63) is 45.6 Å². The van der Waals surface area contributed by atoms with Crippen molar-refractivity contribution in [1.29, 1.82) is 0 Å². The molecule has 0 atom stereocenters. The Morgan fingerprint density at radius 3 is 2.63 bits per heavy atom. The summed E-state index contributed by atoms with van der Waals surface area (Å²) in [6.07, 6.45) is 7.57. The zero-order chi connectivity index (χ0) is 18.2. The number of hydrogen-bond donors (Lipinski definition) is 0. The molecule has 0 unspecified atom stereocenters. The van der Waals surface area contributed by atoms with Gasteiger partial charge in [0.05, 0.1) is 11.1 Å². The van der Waals surface area contributed by atoms with Gasteiger partial charge in [-0.1, -0.05) is 11.6 Å². The lowest BCUT2D eigenvalue weighted by molar-refractivity contribution is 0.574. The summed E-state index contributed by atoms with van der Waals surface area (Å²) >= 11 is 9.68. The first-order valence-corrected chi connectivity index (χ1v) is 11.9. The van der Waals surface area contributed by atoms with E-state index in [1.807, 2.05) is 23.5 Å². The summed E-state index contributed by atoms with van der Waals surface area (Å²) in [5.74, 6) is 2.94. The first kappa shape index (κ1) is 17.8. The summed E-state index contributed by atoms with van der Waals surface area (Å²) in [7, 11) is 0. The number of halogens is 1. The fourth-order valence-corrected chi connectivity index (χ4v) is 6.25. The highest BCUT2D eigenvalue weighted by atomic mass is 35.5. The molecule has 3 aromatic rings. The van der Waals surface area contributed by atoms with E-state index in [1.54, 1.807) is 16.6 Å². The van der Waals surface area contributed by atoms with Gasteiger partial charge in [-0.3, -0.25) is 0 Å². The summed E-state index contributed by atoms with van der Waals surface area (Å²) in [6.45, 7) is 2.25. The molecule has 27 heavy (non-hydrogen) atoms. The third kappa shape index (κ3) is 3.57. The molecule has 2 aliphatic rings. The van der Waals surface area contributed by atoms with E-state index in [9.17, 15) is 0 Å². The number of thiophene rings is 1. The predicted octanol–water partition coefficient (Wildman–Crippen LogP) is 6.12. The van der Waals surface area contributed by atoms with Gasteiger partial charge in [-0.2, -0.15) is 0 Å².